The molecule has 0 aliphatic heterocycles. The minimum atomic E-state index is -0.0301. The number of furan rings is 1. The molecule has 1 aliphatic rings. The summed E-state index contributed by atoms with van der Waals surface area (Å²) < 4.78 is 7.49. The maximum Gasteiger partial charge on any atom is 0.251 e. The van der Waals surface area contributed by atoms with Crippen molar-refractivity contribution >= 4 is 16.9 Å². The van der Waals surface area contributed by atoms with Gasteiger partial charge in [-0.25, -0.2) is 0 Å². The van der Waals surface area contributed by atoms with Crippen molar-refractivity contribution in [3.8, 4) is 0 Å². The lowest BCUT2D eigenvalue weighted by Crippen LogP contribution is -2.32. The quantitative estimate of drug-likeness (QED) is 0.787. The average Bonchev–Trinajstić information content (AvgIpc) is 2.94. The summed E-state index contributed by atoms with van der Waals surface area (Å²) in [4.78, 5) is 12.4. The molecule has 0 atom stereocenters. The van der Waals surface area contributed by atoms with Crippen LogP contribution < -0.4 is 5.32 Å². The van der Waals surface area contributed by atoms with Gasteiger partial charge in [-0.1, -0.05) is 0 Å². The van der Waals surface area contributed by atoms with Crippen LogP contribution in [0.1, 0.15) is 29.0 Å². The number of hydrogen-bond donors (Lipinski definition) is 1. The van der Waals surface area contributed by atoms with Crippen LogP contribution in [0.25, 0.3) is 11.0 Å². The number of carbonyl (C=O) groups excluding carboxylic acids is 1. The van der Waals surface area contributed by atoms with Crippen LogP contribution in [0.3, 0.4) is 0 Å². The van der Waals surface area contributed by atoms with E-state index in [1.54, 1.807) is 6.20 Å². The van der Waals surface area contributed by atoms with Gasteiger partial charge in [0.05, 0.1) is 0 Å². The molecule has 0 radical (unpaired) electrons. The Labute approximate surface area is 134 Å². The molecule has 3 aromatic rings. The molecule has 1 aromatic carbocycles. The van der Waals surface area contributed by atoms with Gasteiger partial charge in [-0.3, -0.25) is 9.48 Å². The van der Waals surface area contributed by atoms with Crippen LogP contribution in [0.15, 0.2) is 47.1 Å². The zero-order valence-electron chi connectivity index (χ0n) is 13.1. The van der Waals surface area contributed by atoms with E-state index in [0.29, 0.717) is 12.1 Å². The Morgan fingerprint density at radius 3 is 3.00 bits per heavy atom. The first kappa shape index (κ1) is 14.1. The number of carbonyl (C=O) groups is 1. The zero-order valence-corrected chi connectivity index (χ0v) is 13.1. The molecule has 1 saturated carbocycles. The Balaban J connectivity index is 1.42. The third kappa shape index (κ3) is 2.86. The monoisotopic (exact) mass is 309 g/mol. The van der Waals surface area contributed by atoms with Gasteiger partial charge in [0.1, 0.15) is 11.3 Å². The van der Waals surface area contributed by atoms with Crippen molar-refractivity contribution in [1.82, 2.24) is 15.1 Å². The van der Waals surface area contributed by atoms with E-state index in [9.17, 15) is 4.79 Å². The number of rotatable bonds is 5. The molecule has 118 valence electrons. The van der Waals surface area contributed by atoms with Gasteiger partial charge in [-0.2, -0.15) is 5.10 Å². The molecule has 2 aromatic heterocycles. The van der Waals surface area contributed by atoms with Gasteiger partial charge in [0.25, 0.3) is 5.91 Å². The normalized spacial score (nSPS) is 15.7. The summed E-state index contributed by atoms with van der Waals surface area (Å²) in [6, 6.07) is 9.43. The van der Waals surface area contributed by atoms with E-state index in [1.165, 1.54) is 0 Å². The average molecular weight is 309 g/mol. The summed E-state index contributed by atoms with van der Waals surface area (Å²) in [5.74, 6) is 0.825. The van der Waals surface area contributed by atoms with E-state index in [-0.39, 0.29) is 11.3 Å². The van der Waals surface area contributed by atoms with E-state index in [1.807, 2.05) is 48.1 Å². The summed E-state index contributed by atoms with van der Waals surface area (Å²) >= 11 is 0. The smallest absolute Gasteiger partial charge is 0.251 e. The minimum Gasteiger partial charge on any atom is -0.461 e. The standard InChI is InChI=1S/C18H19N3O2/c1-13-9-15-10-14(3-4-16(15)23-13)17(22)19-11-18(5-6-18)12-21-8-2-7-20-21/h2-4,7-10H,5-6,11-12H2,1H3,(H,19,22). The maximum atomic E-state index is 12.4. The Morgan fingerprint density at radius 2 is 2.26 bits per heavy atom. The molecular formula is C18H19N3O2. The second-order valence-corrected chi connectivity index (χ2v) is 6.50. The largest absolute Gasteiger partial charge is 0.461 e. The fourth-order valence-electron chi connectivity index (χ4n) is 2.99. The highest BCUT2D eigenvalue weighted by Gasteiger charge is 2.43. The van der Waals surface area contributed by atoms with Crippen molar-refractivity contribution in [2.75, 3.05) is 6.54 Å². The Bertz CT molecular complexity index is 844. The number of benzene rings is 1. The van der Waals surface area contributed by atoms with Gasteiger partial charge in [-0.05, 0) is 50.1 Å². The van der Waals surface area contributed by atoms with Crippen LogP contribution >= 0.6 is 0 Å². The van der Waals surface area contributed by atoms with Crippen molar-refractivity contribution in [2.45, 2.75) is 26.3 Å². The predicted molar refractivity (Wildman–Crippen MR) is 87.2 cm³/mol. The number of nitrogens with one attached hydrogen (secondary N) is 1. The van der Waals surface area contributed by atoms with E-state index in [4.69, 9.17) is 4.42 Å². The molecule has 4 rings (SSSR count). The summed E-state index contributed by atoms with van der Waals surface area (Å²) in [7, 11) is 0. The molecule has 1 fully saturated rings. The maximum absolute atomic E-state index is 12.4. The number of nitrogens with zero attached hydrogens (tertiary/aromatic N) is 2. The summed E-state index contributed by atoms with van der Waals surface area (Å²) in [5, 5.41) is 8.30. The van der Waals surface area contributed by atoms with Gasteiger partial charge in [0, 0.05) is 41.8 Å². The van der Waals surface area contributed by atoms with Crippen LogP contribution in [-0.2, 0) is 6.54 Å². The predicted octanol–water partition coefficient (Wildman–Crippen LogP) is 3.15. The molecule has 2 heterocycles. The highest BCUT2D eigenvalue weighted by Crippen LogP contribution is 2.46. The lowest BCUT2D eigenvalue weighted by molar-refractivity contribution is 0.0942. The van der Waals surface area contributed by atoms with Crippen LogP contribution in [-0.4, -0.2) is 22.2 Å². The van der Waals surface area contributed by atoms with E-state index in [0.717, 1.165) is 36.1 Å². The Morgan fingerprint density at radius 1 is 1.39 bits per heavy atom. The van der Waals surface area contributed by atoms with Gasteiger partial charge in [-0.15, -0.1) is 0 Å². The van der Waals surface area contributed by atoms with Crippen molar-refractivity contribution in [3.05, 3.63) is 54.0 Å². The van der Waals surface area contributed by atoms with Crippen molar-refractivity contribution < 1.29 is 9.21 Å². The Hall–Kier alpha value is -2.56. The van der Waals surface area contributed by atoms with Crippen LogP contribution in [0.4, 0.5) is 0 Å². The molecular weight excluding hydrogens is 290 g/mol. The highest BCUT2D eigenvalue weighted by molar-refractivity contribution is 5.97. The molecule has 1 aliphatic carbocycles. The van der Waals surface area contributed by atoms with Crippen LogP contribution in [0.5, 0.6) is 0 Å². The van der Waals surface area contributed by atoms with Gasteiger partial charge in [0.2, 0.25) is 0 Å². The van der Waals surface area contributed by atoms with E-state index >= 15 is 0 Å². The first-order valence-electron chi connectivity index (χ1n) is 7.89. The number of amides is 1. The van der Waals surface area contributed by atoms with Gasteiger partial charge in [0.15, 0.2) is 0 Å². The lowest BCUT2D eigenvalue weighted by atomic mass is 10.1. The molecule has 0 unspecified atom stereocenters. The van der Waals surface area contributed by atoms with Crippen molar-refractivity contribution in [3.63, 3.8) is 0 Å². The number of aryl methyl sites for hydroxylation is 1. The van der Waals surface area contributed by atoms with Gasteiger partial charge < -0.3 is 9.73 Å². The molecule has 1 N–H and O–H groups in total. The third-order valence-electron chi connectivity index (χ3n) is 4.54. The lowest BCUT2D eigenvalue weighted by Gasteiger charge is -2.16. The minimum absolute atomic E-state index is 0.0301. The number of aromatic nitrogens is 2. The highest BCUT2D eigenvalue weighted by atomic mass is 16.3. The second-order valence-electron chi connectivity index (χ2n) is 6.50. The Kier molecular flexibility index (Phi) is 3.22. The second kappa shape index (κ2) is 5.26. The number of fused-ring (bicyclic) bond motifs is 1. The topological polar surface area (TPSA) is 60.1 Å². The van der Waals surface area contributed by atoms with E-state index in [2.05, 4.69) is 10.4 Å². The fraction of sp³-hybridized carbons (Fsp3) is 0.333. The summed E-state index contributed by atoms with van der Waals surface area (Å²) in [5.41, 5.74) is 1.66. The number of hydrogen-bond acceptors (Lipinski definition) is 3. The summed E-state index contributed by atoms with van der Waals surface area (Å²) in [6.45, 7) is 3.46. The first-order chi connectivity index (χ1) is 11.1. The molecule has 0 saturated heterocycles. The fourth-order valence-corrected chi connectivity index (χ4v) is 2.99. The summed E-state index contributed by atoms with van der Waals surface area (Å²) in [6.07, 6.45) is 6.02. The first-order valence-corrected chi connectivity index (χ1v) is 7.89. The third-order valence-corrected chi connectivity index (χ3v) is 4.54. The van der Waals surface area contributed by atoms with Gasteiger partial charge >= 0.3 is 0 Å². The molecule has 1 amide bonds. The van der Waals surface area contributed by atoms with Crippen LogP contribution in [0.2, 0.25) is 0 Å². The molecule has 0 spiro atoms. The van der Waals surface area contributed by atoms with Crippen molar-refractivity contribution in [1.29, 1.82) is 0 Å². The van der Waals surface area contributed by atoms with Crippen LogP contribution in [0, 0.1) is 12.3 Å². The molecule has 5 nitrogen and oxygen atoms in total. The van der Waals surface area contributed by atoms with E-state index < -0.39 is 0 Å². The molecule has 5 heteroatoms. The zero-order chi connectivity index (χ0) is 15.9. The SMILES string of the molecule is Cc1cc2cc(C(=O)NCC3(Cn4cccn4)CC3)ccc2o1. The molecule has 0 bridgehead atoms. The van der Waals surface area contributed by atoms with Crippen molar-refractivity contribution in [2.24, 2.45) is 5.41 Å². The molecule has 23 heavy (non-hydrogen) atoms.